The average Bonchev–Trinajstić information content (AvgIpc) is 2.32. The lowest BCUT2D eigenvalue weighted by molar-refractivity contribution is -0.143. The van der Waals surface area contributed by atoms with Crippen LogP contribution in [0.4, 0.5) is 0 Å². The van der Waals surface area contributed by atoms with Gasteiger partial charge < -0.3 is 5.11 Å². The van der Waals surface area contributed by atoms with Gasteiger partial charge in [-0.1, -0.05) is 13.8 Å². The first kappa shape index (κ1) is 10.0. The maximum atomic E-state index is 10.8. The monoisotopic (exact) mass is 184 g/mol. The minimum Gasteiger partial charge on any atom is -0.479 e. The molecule has 1 heterocycles. The minimum absolute atomic E-state index is 0.514. The largest absolute Gasteiger partial charge is 0.479 e. The van der Waals surface area contributed by atoms with E-state index in [0.29, 0.717) is 12.3 Å². The molecule has 13 heavy (non-hydrogen) atoms. The van der Waals surface area contributed by atoms with Gasteiger partial charge in [0.25, 0.3) is 0 Å². The smallest absolute Gasteiger partial charge is 0.331 e. The van der Waals surface area contributed by atoms with E-state index in [9.17, 15) is 4.79 Å². The molecule has 2 N–H and O–H groups in total. The van der Waals surface area contributed by atoms with Crippen LogP contribution in [0.3, 0.4) is 0 Å². The van der Waals surface area contributed by atoms with Gasteiger partial charge in [0, 0.05) is 12.1 Å². The summed E-state index contributed by atoms with van der Waals surface area (Å²) in [6, 6.07) is 0. The number of nitrogens with one attached hydrogen (secondary N) is 1. The third kappa shape index (κ3) is 2.20. The van der Waals surface area contributed by atoms with Crippen molar-refractivity contribution in [2.75, 3.05) is 0 Å². The van der Waals surface area contributed by atoms with E-state index < -0.39 is 11.5 Å². The van der Waals surface area contributed by atoms with E-state index in [-0.39, 0.29) is 0 Å². The van der Waals surface area contributed by atoms with E-state index in [1.807, 2.05) is 0 Å². The van der Waals surface area contributed by atoms with Gasteiger partial charge >= 0.3 is 5.97 Å². The van der Waals surface area contributed by atoms with Gasteiger partial charge in [0.1, 0.15) is 0 Å². The molecular weight excluding hydrogens is 168 g/mol. The second-order valence-corrected chi connectivity index (χ2v) is 4.20. The van der Waals surface area contributed by atoms with Crippen LogP contribution >= 0.6 is 0 Å². The Morgan fingerprint density at radius 3 is 2.77 bits per heavy atom. The highest BCUT2D eigenvalue weighted by Crippen LogP contribution is 2.20. The summed E-state index contributed by atoms with van der Waals surface area (Å²) >= 11 is 0. The summed E-state index contributed by atoms with van der Waals surface area (Å²) < 4.78 is 0. The molecule has 0 amide bonds. The highest BCUT2D eigenvalue weighted by atomic mass is 16.4. The van der Waals surface area contributed by atoms with E-state index in [0.717, 1.165) is 12.1 Å². The molecule has 4 nitrogen and oxygen atoms in total. The lowest BCUT2D eigenvalue weighted by Gasteiger charge is -2.17. The van der Waals surface area contributed by atoms with Crippen molar-refractivity contribution in [1.29, 1.82) is 0 Å². The fourth-order valence-corrected chi connectivity index (χ4v) is 1.40. The molecule has 0 aliphatic carbocycles. The van der Waals surface area contributed by atoms with Crippen LogP contribution in [0.2, 0.25) is 0 Å². The summed E-state index contributed by atoms with van der Waals surface area (Å²) in [5.41, 5.74) is 2.75. The summed E-state index contributed by atoms with van der Waals surface area (Å²) in [7, 11) is 0. The predicted octanol–water partition coefficient (Wildman–Crippen LogP) is 1.23. The first-order chi connectivity index (χ1) is 5.94. The number of aliphatic carboxylic acids is 1. The van der Waals surface area contributed by atoms with Crippen LogP contribution in [0, 0.1) is 5.92 Å². The highest BCUT2D eigenvalue weighted by Gasteiger charge is 2.38. The maximum Gasteiger partial charge on any atom is 0.331 e. The van der Waals surface area contributed by atoms with Crippen LogP contribution < -0.4 is 5.43 Å². The molecule has 74 valence electrons. The lowest BCUT2D eigenvalue weighted by atomic mass is 9.93. The molecule has 4 heteroatoms. The molecule has 0 aromatic rings. The Morgan fingerprint density at radius 2 is 2.38 bits per heavy atom. The topological polar surface area (TPSA) is 61.7 Å². The molecule has 1 rings (SSSR count). The van der Waals surface area contributed by atoms with Crippen LogP contribution in [-0.2, 0) is 4.79 Å². The summed E-state index contributed by atoms with van der Waals surface area (Å²) in [5.74, 6) is -0.313. The van der Waals surface area contributed by atoms with Crippen molar-refractivity contribution in [3.63, 3.8) is 0 Å². The van der Waals surface area contributed by atoms with Crippen molar-refractivity contribution in [3.8, 4) is 0 Å². The standard InChI is InChI=1S/C9H16N2O2/c1-6(2)4-7-5-9(3,8(12)13)11-10-7/h6,11H,4-5H2,1-3H3,(H,12,13). The van der Waals surface area contributed by atoms with Gasteiger partial charge in [-0.3, -0.25) is 5.43 Å². The zero-order valence-electron chi connectivity index (χ0n) is 8.29. The zero-order chi connectivity index (χ0) is 10.1. The highest BCUT2D eigenvalue weighted by molar-refractivity contribution is 5.94. The molecular formula is C9H16N2O2. The number of hydrazone groups is 1. The third-order valence-corrected chi connectivity index (χ3v) is 2.13. The van der Waals surface area contributed by atoms with Crippen LogP contribution in [0.1, 0.15) is 33.6 Å². The van der Waals surface area contributed by atoms with Crippen molar-refractivity contribution in [2.24, 2.45) is 11.0 Å². The molecule has 1 aliphatic heterocycles. The molecule has 0 aromatic heterocycles. The Labute approximate surface area is 78.0 Å². The Balaban J connectivity index is 2.55. The van der Waals surface area contributed by atoms with Crippen molar-refractivity contribution < 1.29 is 9.90 Å². The van der Waals surface area contributed by atoms with Crippen molar-refractivity contribution in [1.82, 2.24) is 5.43 Å². The van der Waals surface area contributed by atoms with Crippen molar-refractivity contribution in [2.45, 2.75) is 39.2 Å². The number of rotatable bonds is 3. The van der Waals surface area contributed by atoms with E-state index in [1.54, 1.807) is 6.92 Å². The summed E-state index contributed by atoms with van der Waals surface area (Å²) in [6.07, 6.45) is 1.39. The van der Waals surface area contributed by atoms with E-state index in [4.69, 9.17) is 5.11 Å². The van der Waals surface area contributed by atoms with E-state index >= 15 is 0 Å². The van der Waals surface area contributed by atoms with E-state index in [1.165, 1.54) is 0 Å². The van der Waals surface area contributed by atoms with Crippen molar-refractivity contribution in [3.05, 3.63) is 0 Å². The Kier molecular flexibility index (Phi) is 2.59. The minimum atomic E-state index is -0.885. The fraction of sp³-hybridized carbons (Fsp3) is 0.778. The van der Waals surface area contributed by atoms with Gasteiger partial charge in [-0.2, -0.15) is 5.10 Å². The van der Waals surface area contributed by atoms with Gasteiger partial charge in [0.15, 0.2) is 5.54 Å². The van der Waals surface area contributed by atoms with Crippen LogP contribution in [0.15, 0.2) is 5.10 Å². The molecule has 0 spiro atoms. The molecule has 0 saturated heterocycles. The second-order valence-electron chi connectivity index (χ2n) is 4.20. The molecule has 0 fully saturated rings. The molecule has 0 radical (unpaired) electrons. The van der Waals surface area contributed by atoms with Crippen molar-refractivity contribution >= 4 is 11.7 Å². The van der Waals surface area contributed by atoms with Gasteiger partial charge in [0.05, 0.1) is 0 Å². The molecule has 1 aliphatic rings. The number of hydrogen-bond donors (Lipinski definition) is 2. The van der Waals surface area contributed by atoms with Gasteiger partial charge in [-0.25, -0.2) is 4.79 Å². The van der Waals surface area contributed by atoms with E-state index in [2.05, 4.69) is 24.4 Å². The van der Waals surface area contributed by atoms with Crippen LogP contribution in [0.5, 0.6) is 0 Å². The quantitative estimate of drug-likeness (QED) is 0.693. The summed E-state index contributed by atoms with van der Waals surface area (Å²) in [6.45, 7) is 5.85. The Hall–Kier alpha value is -1.06. The number of hydrogen-bond acceptors (Lipinski definition) is 3. The summed E-state index contributed by atoms with van der Waals surface area (Å²) in [5, 5.41) is 12.9. The molecule has 0 aromatic carbocycles. The lowest BCUT2D eigenvalue weighted by Crippen LogP contribution is -2.44. The Morgan fingerprint density at radius 1 is 1.77 bits per heavy atom. The maximum absolute atomic E-state index is 10.8. The Bertz CT molecular complexity index is 248. The fourth-order valence-electron chi connectivity index (χ4n) is 1.40. The van der Waals surface area contributed by atoms with Crippen LogP contribution in [-0.4, -0.2) is 22.3 Å². The normalized spacial score (nSPS) is 27.2. The molecule has 1 unspecified atom stereocenters. The molecule has 0 bridgehead atoms. The van der Waals surface area contributed by atoms with Crippen LogP contribution in [0.25, 0.3) is 0 Å². The van der Waals surface area contributed by atoms with Gasteiger partial charge in [-0.15, -0.1) is 0 Å². The second kappa shape index (κ2) is 3.36. The molecule has 0 saturated carbocycles. The zero-order valence-corrected chi connectivity index (χ0v) is 8.29. The van der Waals surface area contributed by atoms with Gasteiger partial charge in [-0.05, 0) is 19.3 Å². The number of carbonyl (C=O) groups is 1. The predicted molar refractivity (Wildman–Crippen MR) is 50.7 cm³/mol. The third-order valence-electron chi connectivity index (χ3n) is 2.13. The number of carboxylic acid groups (broad SMARTS) is 1. The first-order valence-corrected chi connectivity index (χ1v) is 4.50. The average molecular weight is 184 g/mol. The number of nitrogens with zero attached hydrogens (tertiary/aromatic N) is 1. The molecule has 1 atom stereocenters. The first-order valence-electron chi connectivity index (χ1n) is 4.50. The summed E-state index contributed by atoms with van der Waals surface area (Å²) in [4.78, 5) is 10.8. The number of carboxylic acids is 1. The SMILES string of the molecule is CC(C)CC1=NNC(C)(C(=O)O)C1. The van der Waals surface area contributed by atoms with Gasteiger partial charge in [0.2, 0.25) is 0 Å².